The van der Waals surface area contributed by atoms with Crippen molar-refractivity contribution in [3.05, 3.63) is 76.7 Å². The van der Waals surface area contributed by atoms with Crippen LogP contribution in [-0.4, -0.2) is 36.4 Å². The Morgan fingerprint density at radius 2 is 1.77 bits per heavy atom. The average molecular weight is 543 g/mol. The van der Waals surface area contributed by atoms with Crippen molar-refractivity contribution in [1.29, 1.82) is 0 Å². The molecule has 3 heterocycles. The second kappa shape index (κ2) is 8.35. The Morgan fingerprint density at radius 1 is 1.05 bits per heavy atom. The quantitative estimate of drug-likeness (QED) is 0.317. The van der Waals surface area contributed by atoms with E-state index >= 15 is 0 Å². The van der Waals surface area contributed by atoms with Gasteiger partial charge in [0.2, 0.25) is 5.89 Å². The Morgan fingerprint density at radius 3 is 2.46 bits per heavy atom. The third-order valence-electron chi connectivity index (χ3n) is 8.29. The molecular weight excluding hydrogens is 521 g/mol. The molecular formula is C27H22F5N5O2. The largest absolute Gasteiger partial charge is 0.440 e. The molecule has 0 aliphatic heterocycles. The third kappa shape index (κ3) is 3.53. The van der Waals surface area contributed by atoms with Gasteiger partial charge in [-0.25, -0.2) is 18.7 Å². The van der Waals surface area contributed by atoms with Gasteiger partial charge in [-0.1, -0.05) is 19.9 Å². The summed E-state index contributed by atoms with van der Waals surface area (Å²) in [4.78, 5) is 12.9. The van der Waals surface area contributed by atoms with Crippen LogP contribution in [0.25, 0.3) is 22.8 Å². The van der Waals surface area contributed by atoms with Crippen LogP contribution in [-0.2, 0) is 5.41 Å². The van der Waals surface area contributed by atoms with E-state index in [2.05, 4.69) is 34.0 Å². The number of aliphatic hydroxyl groups is 1. The lowest BCUT2D eigenvalue weighted by Gasteiger charge is -2.37. The fourth-order valence-electron chi connectivity index (χ4n) is 6.36. The zero-order chi connectivity index (χ0) is 27.9. The minimum atomic E-state index is -4.91. The number of nitrogens with zero attached hydrogens (tertiary/aromatic N) is 5. The summed E-state index contributed by atoms with van der Waals surface area (Å²) in [5.74, 6) is -1.89. The van der Waals surface area contributed by atoms with Crippen molar-refractivity contribution in [3.8, 4) is 22.8 Å². The molecule has 2 aliphatic rings. The molecule has 2 aliphatic carbocycles. The summed E-state index contributed by atoms with van der Waals surface area (Å²) < 4.78 is 73.7. The number of alkyl halides is 3. The highest BCUT2D eigenvalue weighted by Gasteiger charge is 2.65. The second-order valence-electron chi connectivity index (χ2n) is 10.5. The van der Waals surface area contributed by atoms with E-state index in [1.54, 1.807) is 12.3 Å². The maximum Gasteiger partial charge on any atom is 0.420 e. The molecule has 4 aromatic rings. The summed E-state index contributed by atoms with van der Waals surface area (Å²) in [6, 6.07) is 5.28. The standard InChI is InChI=1S/C27H22F5N5O2/c1-12-21(23(38)27(30,31)32)35-24(39-12)18-10-33-11-19(34-18)26-8-7-14(25(26,2)3)13-9-17(36-37-22(13)26)20-15(28)5-4-6-16(20)29/h4-6,9-11,14,23,38H,7-8H2,1-3H3/t14-,23-,26-/m0/s1. The predicted octanol–water partition coefficient (Wildman–Crippen LogP) is 5.97. The van der Waals surface area contributed by atoms with Gasteiger partial charge in [0, 0.05) is 6.20 Å². The number of aryl methyl sites for hydroxylation is 1. The van der Waals surface area contributed by atoms with E-state index in [-0.39, 0.29) is 34.5 Å². The Kier molecular flexibility index (Phi) is 5.45. The zero-order valence-electron chi connectivity index (χ0n) is 21.0. The lowest BCUT2D eigenvalue weighted by Crippen LogP contribution is -2.38. The van der Waals surface area contributed by atoms with E-state index in [9.17, 15) is 27.1 Å². The normalized spacial score (nSPS) is 22.2. The Labute approximate surface area is 219 Å². The van der Waals surface area contributed by atoms with Crippen LogP contribution in [0.3, 0.4) is 0 Å². The topological polar surface area (TPSA) is 97.8 Å². The van der Waals surface area contributed by atoms with Gasteiger partial charge in [0.1, 0.15) is 28.8 Å². The fraction of sp³-hybridized carbons (Fsp3) is 0.370. The molecule has 1 aromatic carbocycles. The van der Waals surface area contributed by atoms with Crippen LogP contribution in [0.2, 0.25) is 0 Å². The number of aliphatic hydroxyl groups excluding tert-OH is 1. The van der Waals surface area contributed by atoms with Crippen molar-refractivity contribution in [3.63, 3.8) is 0 Å². The molecule has 1 saturated carbocycles. The Hall–Kier alpha value is -3.80. The van der Waals surface area contributed by atoms with Gasteiger partial charge in [-0.3, -0.25) is 4.98 Å². The van der Waals surface area contributed by atoms with Crippen molar-refractivity contribution in [2.45, 2.75) is 57.2 Å². The monoisotopic (exact) mass is 543 g/mol. The maximum absolute atomic E-state index is 14.5. The van der Waals surface area contributed by atoms with Crippen LogP contribution in [0.15, 0.2) is 41.1 Å². The molecule has 3 aromatic heterocycles. The molecule has 0 saturated heterocycles. The molecule has 0 amide bonds. The van der Waals surface area contributed by atoms with Crippen LogP contribution in [0.1, 0.15) is 67.1 Å². The predicted molar refractivity (Wildman–Crippen MR) is 127 cm³/mol. The second-order valence-corrected chi connectivity index (χ2v) is 10.5. The lowest BCUT2D eigenvalue weighted by atomic mass is 9.66. The van der Waals surface area contributed by atoms with E-state index in [1.807, 2.05) is 0 Å². The first-order valence-electron chi connectivity index (χ1n) is 12.2. The fourth-order valence-corrected chi connectivity index (χ4v) is 6.36. The van der Waals surface area contributed by atoms with Crippen LogP contribution in [0, 0.1) is 24.0 Å². The van der Waals surface area contributed by atoms with Gasteiger partial charge in [0.05, 0.1) is 34.3 Å². The number of oxazole rings is 1. The first kappa shape index (κ1) is 25.5. The van der Waals surface area contributed by atoms with Crippen LogP contribution >= 0.6 is 0 Å². The van der Waals surface area contributed by atoms with Crippen molar-refractivity contribution in [2.75, 3.05) is 0 Å². The molecule has 39 heavy (non-hydrogen) atoms. The molecule has 1 fully saturated rings. The van der Waals surface area contributed by atoms with E-state index in [1.165, 1.54) is 19.2 Å². The summed E-state index contributed by atoms with van der Waals surface area (Å²) in [6.07, 6.45) is -3.44. The SMILES string of the molecule is Cc1oc(-c2cncc([C@@]34CC[C@@H](c5cc(-c6c(F)cccc6F)nnc53)C4(C)C)n2)nc1[C@H](O)C(F)(F)F. The van der Waals surface area contributed by atoms with E-state index in [4.69, 9.17) is 9.40 Å². The lowest BCUT2D eigenvalue weighted by molar-refractivity contribution is -0.208. The minimum Gasteiger partial charge on any atom is -0.440 e. The Balaban J connectivity index is 1.46. The Bertz CT molecular complexity index is 1600. The van der Waals surface area contributed by atoms with Crippen molar-refractivity contribution >= 4 is 0 Å². The van der Waals surface area contributed by atoms with Gasteiger partial charge in [-0.15, -0.1) is 5.10 Å². The molecule has 202 valence electrons. The molecule has 0 unspecified atom stereocenters. The molecule has 0 spiro atoms. The molecule has 2 bridgehead atoms. The number of fused-ring (bicyclic) bond motifs is 5. The summed E-state index contributed by atoms with van der Waals surface area (Å²) >= 11 is 0. The first-order valence-corrected chi connectivity index (χ1v) is 12.2. The highest BCUT2D eigenvalue weighted by atomic mass is 19.4. The summed E-state index contributed by atoms with van der Waals surface area (Å²) in [5.41, 5.74) is -0.00112. The van der Waals surface area contributed by atoms with E-state index < -0.39 is 40.4 Å². The van der Waals surface area contributed by atoms with Gasteiger partial charge < -0.3 is 9.52 Å². The van der Waals surface area contributed by atoms with Crippen LogP contribution < -0.4 is 0 Å². The van der Waals surface area contributed by atoms with E-state index in [0.29, 0.717) is 17.8 Å². The maximum atomic E-state index is 14.5. The number of hydrogen-bond acceptors (Lipinski definition) is 7. The minimum absolute atomic E-state index is 0.0143. The molecule has 7 nitrogen and oxygen atoms in total. The van der Waals surface area contributed by atoms with Gasteiger partial charge in [-0.2, -0.15) is 18.3 Å². The van der Waals surface area contributed by atoms with E-state index in [0.717, 1.165) is 24.1 Å². The highest BCUT2D eigenvalue weighted by molar-refractivity contribution is 5.64. The third-order valence-corrected chi connectivity index (χ3v) is 8.29. The average Bonchev–Trinajstić information content (AvgIpc) is 3.46. The van der Waals surface area contributed by atoms with Gasteiger partial charge in [0.25, 0.3) is 0 Å². The summed E-state index contributed by atoms with van der Waals surface area (Å²) in [6.45, 7) is 5.38. The van der Waals surface area contributed by atoms with Gasteiger partial charge in [-0.05, 0) is 54.9 Å². The molecule has 12 heteroatoms. The molecule has 0 radical (unpaired) electrons. The molecule has 1 N–H and O–H groups in total. The van der Waals surface area contributed by atoms with Crippen molar-refractivity contribution in [1.82, 2.24) is 25.1 Å². The highest BCUT2D eigenvalue weighted by Crippen LogP contribution is 2.69. The zero-order valence-corrected chi connectivity index (χ0v) is 21.0. The van der Waals surface area contributed by atoms with Crippen molar-refractivity contribution < 1.29 is 31.5 Å². The smallest absolute Gasteiger partial charge is 0.420 e. The summed E-state index contributed by atoms with van der Waals surface area (Å²) in [7, 11) is 0. The van der Waals surface area contributed by atoms with Crippen molar-refractivity contribution in [2.24, 2.45) is 5.41 Å². The number of hydrogen-bond donors (Lipinski definition) is 1. The number of halogens is 5. The molecule has 6 rings (SSSR count). The van der Waals surface area contributed by atoms with Gasteiger partial charge >= 0.3 is 6.18 Å². The van der Waals surface area contributed by atoms with Crippen LogP contribution in [0.5, 0.6) is 0 Å². The number of rotatable bonds is 4. The van der Waals surface area contributed by atoms with Gasteiger partial charge in [0.15, 0.2) is 6.10 Å². The van der Waals surface area contributed by atoms with Crippen LogP contribution in [0.4, 0.5) is 22.0 Å². The molecule has 3 atom stereocenters. The summed E-state index contributed by atoms with van der Waals surface area (Å²) in [5, 5.41) is 18.3. The number of benzene rings is 1. The first-order chi connectivity index (χ1) is 18.4. The number of aromatic nitrogens is 5.